The molecule has 4 heterocycles. The lowest BCUT2D eigenvalue weighted by Gasteiger charge is -2.17. The Hall–Kier alpha value is -3.70. The summed E-state index contributed by atoms with van der Waals surface area (Å²) in [6.45, 7) is 1.92. The Bertz CT molecular complexity index is 1560. The molecule has 0 unspecified atom stereocenters. The summed E-state index contributed by atoms with van der Waals surface area (Å²) in [7, 11) is 0. The molecule has 0 saturated carbocycles. The number of nitrogens with two attached hydrogens (primary N) is 1. The molecule has 9 nitrogen and oxygen atoms in total. The number of aliphatic hydroxyl groups excluding tert-OH is 2. The molecule has 0 amide bonds. The van der Waals surface area contributed by atoms with Crippen molar-refractivity contribution in [3.05, 3.63) is 84.4 Å². The molecule has 194 valence electrons. The first kappa shape index (κ1) is 24.6. The summed E-state index contributed by atoms with van der Waals surface area (Å²) >= 11 is 1.59. The van der Waals surface area contributed by atoms with E-state index in [9.17, 15) is 10.2 Å². The van der Waals surface area contributed by atoms with E-state index < -0.39 is 24.5 Å². The fourth-order valence-corrected chi connectivity index (χ4v) is 6.06. The Morgan fingerprint density at radius 1 is 0.974 bits per heavy atom. The lowest BCUT2D eigenvalue weighted by Crippen LogP contribution is -2.32. The predicted octanol–water partition coefficient (Wildman–Crippen LogP) is 4.20. The normalized spacial score (nSPS) is 21.3. The number of hydrogen-bond acceptors (Lipinski definition) is 9. The monoisotopic (exact) mass is 529 g/mol. The van der Waals surface area contributed by atoms with Crippen molar-refractivity contribution in [1.29, 1.82) is 0 Å². The zero-order valence-corrected chi connectivity index (χ0v) is 21.5. The number of nitrogen functional groups attached to an aromatic ring is 1. The van der Waals surface area contributed by atoms with Crippen LogP contribution < -0.4 is 5.73 Å². The summed E-state index contributed by atoms with van der Waals surface area (Å²) in [5, 5.41) is 26.7. The number of aromatic nitrogens is 4. The Labute approximate surface area is 223 Å². The molecule has 0 spiro atoms. The second-order valence-corrected chi connectivity index (χ2v) is 10.3. The fraction of sp³-hybridized carbons (Fsp3) is 0.250. The van der Waals surface area contributed by atoms with E-state index >= 15 is 0 Å². The number of hydrogen-bond donors (Lipinski definition) is 3. The predicted molar refractivity (Wildman–Crippen MR) is 146 cm³/mol. The van der Waals surface area contributed by atoms with Crippen LogP contribution >= 0.6 is 11.8 Å². The SMILES string of the molecule is Cc1noc(-c2ccccc2)c1CSC[C@H]1O[C@@H](n2cc(-c3ccccc3)c3c(N)ncnc32)[C@H](O)[C@@H]1O. The molecule has 4 N–H and O–H groups in total. The minimum Gasteiger partial charge on any atom is -0.387 e. The molecular formula is C28H27N5O4S. The summed E-state index contributed by atoms with van der Waals surface area (Å²) in [4.78, 5) is 8.61. The number of aryl methyl sites for hydroxylation is 1. The average molecular weight is 530 g/mol. The number of fused-ring (bicyclic) bond motifs is 1. The van der Waals surface area contributed by atoms with Gasteiger partial charge in [-0.2, -0.15) is 11.8 Å². The smallest absolute Gasteiger partial charge is 0.171 e. The van der Waals surface area contributed by atoms with Crippen molar-refractivity contribution < 1.29 is 19.5 Å². The van der Waals surface area contributed by atoms with E-state index in [4.69, 9.17) is 15.0 Å². The van der Waals surface area contributed by atoms with Crippen LogP contribution in [0.1, 0.15) is 17.5 Å². The molecule has 6 rings (SSSR count). The largest absolute Gasteiger partial charge is 0.387 e. The van der Waals surface area contributed by atoms with Crippen LogP contribution in [0.2, 0.25) is 0 Å². The molecule has 1 saturated heterocycles. The molecule has 4 atom stereocenters. The molecule has 0 aliphatic carbocycles. The minimum absolute atomic E-state index is 0.339. The van der Waals surface area contributed by atoms with Gasteiger partial charge in [0.15, 0.2) is 12.0 Å². The van der Waals surface area contributed by atoms with Gasteiger partial charge in [-0.25, -0.2) is 9.97 Å². The number of thioether (sulfide) groups is 1. The maximum Gasteiger partial charge on any atom is 0.171 e. The van der Waals surface area contributed by atoms with Crippen LogP contribution in [0.25, 0.3) is 33.5 Å². The van der Waals surface area contributed by atoms with Gasteiger partial charge in [0.05, 0.1) is 17.2 Å². The van der Waals surface area contributed by atoms with Crippen molar-refractivity contribution in [2.24, 2.45) is 0 Å². The maximum absolute atomic E-state index is 11.0. The Kier molecular flexibility index (Phi) is 6.62. The quantitative estimate of drug-likeness (QED) is 0.284. The Morgan fingerprint density at radius 3 is 2.42 bits per heavy atom. The first-order valence-electron chi connectivity index (χ1n) is 12.3. The van der Waals surface area contributed by atoms with Crippen LogP contribution in [0.15, 0.2) is 77.7 Å². The van der Waals surface area contributed by atoms with Crippen LogP contribution in [0.4, 0.5) is 5.82 Å². The van der Waals surface area contributed by atoms with E-state index in [-0.39, 0.29) is 0 Å². The van der Waals surface area contributed by atoms with Crippen molar-refractivity contribution >= 4 is 28.6 Å². The highest BCUT2D eigenvalue weighted by Crippen LogP contribution is 2.39. The van der Waals surface area contributed by atoms with Gasteiger partial charge in [-0.3, -0.25) is 0 Å². The van der Waals surface area contributed by atoms with Gasteiger partial charge in [0.25, 0.3) is 0 Å². The number of rotatable bonds is 7. The lowest BCUT2D eigenvalue weighted by atomic mass is 10.1. The van der Waals surface area contributed by atoms with Crippen molar-refractivity contribution in [3.63, 3.8) is 0 Å². The summed E-state index contributed by atoms with van der Waals surface area (Å²) in [6, 6.07) is 19.6. The zero-order valence-electron chi connectivity index (χ0n) is 20.6. The highest BCUT2D eigenvalue weighted by molar-refractivity contribution is 7.98. The number of anilines is 1. The van der Waals surface area contributed by atoms with E-state index in [1.54, 1.807) is 16.3 Å². The zero-order chi connectivity index (χ0) is 26.2. The number of benzene rings is 2. The van der Waals surface area contributed by atoms with Crippen LogP contribution in [0, 0.1) is 6.92 Å². The van der Waals surface area contributed by atoms with Gasteiger partial charge in [0, 0.05) is 34.4 Å². The van der Waals surface area contributed by atoms with Gasteiger partial charge < -0.3 is 29.8 Å². The van der Waals surface area contributed by atoms with E-state index in [2.05, 4.69) is 15.1 Å². The van der Waals surface area contributed by atoms with Gasteiger partial charge in [-0.05, 0) is 12.5 Å². The first-order chi connectivity index (χ1) is 18.5. The first-order valence-corrected chi connectivity index (χ1v) is 13.4. The van der Waals surface area contributed by atoms with Gasteiger partial charge >= 0.3 is 0 Å². The van der Waals surface area contributed by atoms with Crippen LogP contribution in [0.5, 0.6) is 0 Å². The van der Waals surface area contributed by atoms with Crippen LogP contribution in [0.3, 0.4) is 0 Å². The van der Waals surface area contributed by atoms with E-state index in [0.717, 1.165) is 33.7 Å². The van der Waals surface area contributed by atoms with Crippen molar-refractivity contribution in [3.8, 4) is 22.5 Å². The molecule has 3 aromatic heterocycles. The third kappa shape index (κ3) is 4.35. The number of ether oxygens (including phenoxy) is 1. The molecule has 1 fully saturated rings. The molecule has 2 aromatic carbocycles. The highest BCUT2D eigenvalue weighted by Gasteiger charge is 2.44. The van der Waals surface area contributed by atoms with Crippen molar-refractivity contribution in [2.75, 3.05) is 11.5 Å². The van der Waals surface area contributed by atoms with Crippen LogP contribution in [-0.2, 0) is 10.5 Å². The van der Waals surface area contributed by atoms with Crippen molar-refractivity contribution in [2.45, 2.75) is 37.2 Å². The minimum atomic E-state index is -1.15. The molecule has 1 aliphatic heterocycles. The Balaban J connectivity index is 1.23. The average Bonchev–Trinajstić information content (AvgIpc) is 3.60. The summed E-state index contributed by atoms with van der Waals surface area (Å²) in [5.41, 5.74) is 11.3. The molecule has 1 aliphatic rings. The molecule has 5 aromatic rings. The van der Waals surface area contributed by atoms with Gasteiger partial charge in [-0.15, -0.1) is 0 Å². The third-order valence-electron chi connectivity index (χ3n) is 6.88. The van der Waals surface area contributed by atoms with E-state index in [1.165, 1.54) is 6.33 Å². The molecule has 0 radical (unpaired) electrons. The van der Waals surface area contributed by atoms with E-state index in [1.807, 2.05) is 73.8 Å². The van der Waals surface area contributed by atoms with Crippen molar-refractivity contribution in [1.82, 2.24) is 19.7 Å². The topological polar surface area (TPSA) is 132 Å². The van der Waals surface area contributed by atoms with Gasteiger partial charge in [0.2, 0.25) is 0 Å². The molecule has 10 heteroatoms. The second-order valence-electron chi connectivity index (χ2n) is 9.28. The molecule has 0 bridgehead atoms. The van der Waals surface area contributed by atoms with Gasteiger partial charge in [-0.1, -0.05) is 65.8 Å². The number of aliphatic hydroxyl groups is 2. The van der Waals surface area contributed by atoms with Gasteiger partial charge in [0.1, 0.15) is 30.0 Å². The summed E-state index contributed by atoms with van der Waals surface area (Å²) in [5.74, 6) is 2.17. The Morgan fingerprint density at radius 2 is 1.68 bits per heavy atom. The third-order valence-corrected chi connectivity index (χ3v) is 7.94. The van der Waals surface area contributed by atoms with Crippen LogP contribution in [-0.4, -0.2) is 54.0 Å². The summed E-state index contributed by atoms with van der Waals surface area (Å²) in [6.07, 6.45) is -0.387. The van der Waals surface area contributed by atoms with E-state index in [0.29, 0.717) is 28.4 Å². The second kappa shape index (κ2) is 10.2. The lowest BCUT2D eigenvalue weighted by molar-refractivity contribution is -0.0285. The summed E-state index contributed by atoms with van der Waals surface area (Å²) < 4.78 is 13.6. The molecule has 38 heavy (non-hydrogen) atoms. The maximum atomic E-state index is 11.0. The fourth-order valence-electron chi connectivity index (χ4n) is 4.89. The highest BCUT2D eigenvalue weighted by atomic mass is 32.2. The standard InChI is InChI=1S/C28H27N5O4S/c1-16-20(25(37-32-16)18-10-6-3-7-11-18)13-38-14-21-23(34)24(35)28(36-21)33-12-19(17-8-4-2-5-9-17)22-26(29)30-15-31-27(22)33/h2-12,15,21,23-24,28,34-35H,13-14H2,1H3,(H2,29,30,31)/t21-,23-,24-,28-/m1/s1. The number of nitrogens with zero attached hydrogens (tertiary/aromatic N) is 4. The molecular weight excluding hydrogens is 502 g/mol.